The van der Waals surface area contributed by atoms with Crippen LogP contribution in [0.3, 0.4) is 0 Å². The van der Waals surface area contributed by atoms with Gasteiger partial charge in [-0.15, -0.1) is 0 Å². The third-order valence-electron chi connectivity index (χ3n) is 6.36. The van der Waals surface area contributed by atoms with E-state index in [9.17, 15) is 9.59 Å². The van der Waals surface area contributed by atoms with Crippen molar-refractivity contribution >= 4 is 33.5 Å². The van der Waals surface area contributed by atoms with Crippen LogP contribution >= 0.6 is 0 Å². The number of aromatic nitrogens is 3. The van der Waals surface area contributed by atoms with E-state index in [1.54, 1.807) is 0 Å². The molecule has 1 aliphatic rings. The number of aromatic amines is 1. The van der Waals surface area contributed by atoms with Gasteiger partial charge in [0, 0.05) is 42.8 Å². The Balaban J connectivity index is 1.31. The molecule has 1 saturated heterocycles. The molecule has 0 aliphatic carbocycles. The highest BCUT2D eigenvalue weighted by Crippen LogP contribution is 2.23. The summed E-state index contributed by atoms with van der Waals surface area (Å²) in [4.78, 5) is 37.8. The van der Waals surface area contributed by atoms with Crippen molar-refractivity contribution in [1.82, 2.24) is 19.4 Å². The van der Waals surface area contributed by atoms with Gasteiger partial charge in [0.2, 0.25) is 5.91 Å². The van der Waals surface area contributed by atoms with E-state index >= 15 is 0 Å². The second-order valence-corrected chi connectivity index (χ2v) is 8.73. The molecule has 0 radical (unpaired) electrons. The summed E-state index contributed by atoms with van der Waals surface area (Å²) in [6, 6.07) is 12.4. The normalized spacial score (nSPS) is 14.5. The van der Waals surface area contributed by atoms with Crippen LogP contribution in [0.25, 0.3) is 21.9 Å². The summed E-state index contributed by atoms with van der Waals surface area (Å²) < 4.78 is 1.41. The second-order valence-electron chi connectivity index (χ2n) is 8.73. The molecule has 7 heteroatoms. The Labute approximate surface area is 186 Å². The van der Waals surface area contributed by atoms with Gasteiger partial charge in [0.1, 0.15) is 17.6 Å². The molecule has 5 rings (SSSR count). The Morgan fingerprint density at radius 3 is 2.47 bits per heavy atom. The summed E-state index contributed by atoms with van der Waals surface area (Å²) in [5, 5.41) is 0.929. The lowest BCUT2D eigenvalue weighted by Crippen LogP contribution is -2.50. The number of hydrogen-bond acceptors (Lipinski definition) is 4. The van der Waals surface area contributed by atoms with Crippen molar-refractivity contribution in [3.8, 4) is 0 Å². The highest BCUT2D eigenvalue weighted by atomic mass is 16.2. The Bertz CT molecular complexity index is 1390. The average molecular weight is 430 g/mol. The van der Waals surface area contributed by atoms with Gasteiger partial charge in [-0.25, -0.2) is 4.98 Å². The summed E-state index contributed by atoms with van der Waals surface area (Å²) in [6.07, 6.45) is 1.49. The number of hydrogen-bond donors (Lipinski definition) is 1. The molecule has 0 spiro atoms. The van der Waals surface area contributed by atoms with E-state index in [-0.39, 0.29) is 18.0 Å². The molecule has 7 nitrogen and oxygen atoms in total. The predicted molar refractivity (Wildman–Crippen MR) is 127 cm³/mol. The number of amides is 1. The molecule has 2 aromatic carbocycles. The standard InChI is InChI=1S/C25H27N5O2/c1-16-5-7-21(18(3)12-16)28-8-10-29(11-9-28)22(31)14-30-15-26-23-19-13-17(2)4-6-20(19)27-24(23)25(30)32/h4-7,12-13,15,27H,8-11,14H2,1-3H3. The minimum Gasteiger partial charge on any atom is -0.368 e. The van der Waals surface area contributed by atoms with Crippen molar-refractivity contribution in [2.24, 2.45) is 0 Å². The Hall–Kier alpha value is -3.61. The molecule has 2 aromatic heterocycles. The molecule has 0 saturated carbocycles. The quantitative estimate of drug-likeness (QED) is 0.543. The Kier molecular flexibility index (Phi) is 4.96. The molecular weight excluding hydrogens is 402 g/mol. The van der Waals surface area contributed by atoms with Crippen molar-refractivity contribution in [3.05, 3.63) is 69.8 Å². The van der Waals surface area contributed by atoms with Crippen LogP contribution in [0.15, 0.2) is 47.5 Å². The third kappa shape index (κ3) is 3.53. The summed E-state index contributed by atoms with van der Waals surface area (Å²) in [6.45, 7) is 9.08. The van der Waals surface area contributed by atoms with Crippen molar-refractivity contribution in [1.29, 1.82) is 0 Å². The molecule has 0 atom stereocenters. The topological polar surface area (TPSA) is 74.2 Å². The van der Waals surface area contributed by atoms with E-state index in [0.29, 0.717) is 24.1 Å². The zero-order valence-electron chi connectivity index (χ0n) is 18.7. The fraction of sp³-hybridized carbons (Fsp3) is 0.320. The maximum Gasteiger partial charge on any atom is 0.278 e. The van der Waals surface area contributed by atoms with Crippen molar-refractivity contribution in [2.45, 2.75) is 27.3 Å². The fourth-order valence-electron chi connectivity index (χ4n) is 4.62. The molecular formula is C25H27N5O2. The largest absolute Gasteiger partial charge is 0.368 e. The van der Waals surface area contributed by atoms with E-state index < -0.39 is 0 Å². The predicted octanol–water partition coefficient (Wildman–Crippen LogP) is 3.15. The van der Waals surface area contributed by atoms with Crippen LogP contribution in [0.1, 0.15) is 16.7 Å². The molecule has 1 aliphatic heterocycles. The van der Waals surface area contributed by atoms with Crippen molar-refractivity contribution < 1.29 is 4.79 Å². The molecule has 1 amide bonds. The summed E-state index contributed by atoms with van der Waals surface area (Å²) in [7, 11) is 0. The number of benzene rings is 2. The van der Waals surface area contributed by atoms with Crippen LogP contribution in [0.4, 0.5) is 5.69 Å². The molecule has 0 bridgehead atoms. The minimum atomic E-state index is -0.217. The lowest BCUT2D eigenvalue weighted by Gasteiger charge is -2.37. The first kappa shape index (κ1) is 20.3. The first-order chi connectivity index (χ1) is 15.4. The zero-order chi connectivity index (χ0) is 22.4. The van der Waals surface area contributed by atoms with Crippen LogP contribution in [-0.2, 0) is 11.3 Å². The van der Waals surface area contributed by atoms with Gasteiger partial charge in [-0.2, -0.15) is 0 Å². The van der Waals surface area contributed by atoms with Crippen LogP contribution in [0, 0.1) is 20.8 Å². The Morgan fingerprint density at radius 2 is 1.72 bits per heavy atom. The number of rotatable bonds is 3. The maximum atomic E-state index is 13.0. The average Bonchev–Trinajstić information content (AvgIpc) is 3.14. The monoisotopic (exact) mass is 429 g/mol. The minimum absolute atomic E-state index is 0.000272. The number of piperazine rings is 1. The van der Waals surface area contributed by atoms with Gasteiger partial charge in [-0.3, -0.25) is 14.2 Å². The smallest absolute Gasteiger partial charge is 0.278 e. The summed E-state index contributed by atoms with van der Waals surface area (Å²) in [5.41, 5.74) is 6.60. The second kappa shape index (κ2) is 7.82. The van der Waals surface area contributed by atoms with Crippen LogP contribution in [0.2, 0.25) is 0 Å². The van der Waals surface area contributed by atoms with Gasteiger partial charge in [-0.05, 0) is 44.5 Å². The molecule has 1 N–H and O–H groups in total. The van der Waals surface area contributed by atoms with Crippen molar-refractivity contribution in [2.75, 3.05) is 31.1 Å². The third-order valence-corrected chi connectivity index (χ3v) is 6.36. The van der Waals surface area contributed by atoms with Gasteiger partial charge in [-0.1, -0.05) is 29.3 Å². The van der Waals surface area contributed by atoms with Gasteiger partial charge >= 0.3 is 0 Å². The van der Waals surface area contributed by atoms with Gasteiger partial charge < -0.3 is 14.8 Å². The van der Waals surface area contributed by atoms with Crippen LogP contribution < -0.4 is 10.5 Å². The number of H-pyrrole nitrogens is 1. The zero-order valence-corrected chi connectivity index (χ0v) is 18.7. The lowest BCUT2D eigenvalue weighted by molar-refractivity contribution is -0.132. The number of nitrogens with one attached hydrogen (secondary N) is 1. The number of aryl methyl sites for hydroxylation is 3. The molecule has 0 unspecified atom stereocenters. The molecule has 1 fully saturated rings. The van der Waals surface area contributed by atoms with E-state index in [0.717, 1.165) is 29.6 Å². The van der Waals surface area contributed by atoms with Gasteiger partial charge in [0.15, 0.2) is 0 Å². The van der Waals surface area contributed by atoms with Gasteiger partial charge in [0.05, 0.1) is 6.33 Å². The lowest BCUT2D eigenvalue weighted by atomic mass is 10.1. The highest BCUT2D eigenvalue weighted by Gasteiger charge is 2.23. The van der Waals surface area contributed by atoms with Gasteiger partial charge in [0.25, 0.3) is 5.56 Å². The number of carbonyl (C=O) groups excluding carboxylic acids is 1. The SMILES string of the molecule is Cc1ccc(N2CCN(C(=O)Cn3cnc4c([nH]c5ccc(C)cc54)c3=O)CC2)c(C)c1. The Morgan fingerprint density at radius 1 is 1.00 bits per heavy atom. The fourth-order valence-corrected chi connectivity index (χ4v) is 4.62. The molecule has 32 heavy (non-hydrogen) atoms. The highest BCUT2D eigenvalue weighted by molar-refractivity contribution is 6.04. The number of anilines is 1. The number of fused-ring (bicyclic) bond motifs is 3. The maximum absolute atomic E-state index is 13.0. The number of carbonyl (C=O) groups is 1. The summed E-state index contributed by atoms with van der Waals surface area (Å²) >= 11 is 0. The van der Waals surface area contributed by atoms with E-state index in [2.05, 4.69) is 46.9 Å². The van der Waals surface area contributed by atoms with E-state index in [1.807, 2.05) is 30.0 Å². The molecule has 4 aromatic rings. The van der Waals surface area contributed by atoms with E-state index in [4.69, 9.17) is 0 Å². The van der Waals surface area contributed by atoms with Crippen LogP contribution in [-0.4, -0.2) is 51.5 Å². The first-order valence-corrected chi connectivity index (χ1v) is 11.0. The number of nitrogens with zero attached hydrogens (tertiary/aromatic N) is 4. The van der Waals surface area contributed by atoms with Crippen LogP contribution in [0.5, 0.6) is 0 Å². The van der Waals surface area contributed by atoms with E-state index in [1.165, 1.54) is 27.7 Å². The summed E-state index contributed by atoms with van der Waals surface area (Å²) in [5.74, 6) is -0.0551. The van der Waals surface area contributed by atoms with Crippen molar-refractivity contribution in [3.63, 3.8) is 0 Å². The molecule has 3 heterocycles. The molecule has 164 valence electrons. The first-order valence-electron chi connectivity index (χ1n) is 11.0.